The number of aromatic nitrogens is 1. The average Bonchev–Trinajstić information content (AvgIpc) is 3.15. The summed E-state index contributed by atoms with van der Waals surface area (Å²) in [4.78, 5) is 17.5. The number of nitriles is 1. The van der Waals surface area contributed by atoms with Gasteiger partial charge in [0, 0.05) is 55.2 Å². The first-order valence-corrected chi connectivity index (χ1v) is 9.45. The third-order valence-electron chi connectivity index (χ3n) is 6.42. The molecule has 0 aromatic carbocycles. The van der Waals surface area contributed by atoms with Gasteiger partial charge in [-0.25, -0.2) is 8.78 Å². The predicted molar refractivity (Wildman–Crippen MR) is 102 cm³/mol. The molecule has 1 saturated carbocycles. The molecule has 1 saturated heterocycles. The summed E-state index contributed by atoms with van der Waals surface area (Å²) in [5, 5.41) is 13.0. The lowest BCUT2D eigenvalue weighted by molar-refractivity contribution is 0.0537. The number of piperidine rings is 1. The van der Waals surface area contributed by atoms with Gasteiger partial charge in [-0.1, -0.05) is 13.3 Å². The summed E-state index contributed by atoms with van der Waals surface area (Å²) in [5.41, 5.74) is 1.45. The van der Waals surface area contributed by atoms with E-state index in [1.165, 1.54) is 0 Å². The molecule has 5 nitrogen and oxygen atoms in total. The number of aromatic amines is 1. The van der Waals surface area contributed by atoms with Crippen molar-refractivity contribution in [3.8, 4) is 6.07 Å². The van der Waals surface area contributed by atoms with E-state index in [9.17, 15) is 18.8 Å². The number of alkyl halides is 2. The first-order valence-electron chi connectivity index (χ1n) is 9.45. The van der Waals surface area contributed by atoms with E-state index < -0.39 is 11.3 Å². The largest absolute Gasteiger partial charge is 0.370 e. The minimum absolute atomic E-state index is 0. The van der Waals surface area contributed by atoms with Crippen molar-refractivity contribution in [1.82, 2.24) is 10.3 Å². The molecule has 148 valence electrons. The summed E-state index contributed by atoms with van der Waals surface area (Å²) in [7, 11) is 0. The summed E-state index contributed by atoms with van der Waals surface area (Å²) >= 11 is 0. The Morgan fingerprint density at radius 1 is 1.33 bits per heavy atom. The smallest absolute Gasteiger partial charge is 0.268 e. The molecule has 0 bridgehead atoms. The number of nitrogens with one attached hydrogen (secondary N) is 2. The Bertz CT molecular complexity index is 824. The van der Waals surface area contributed by atoms with E-state index in [-0.39, 0.29) is 35.9 Å². The van der Waals surface area contributed by atoms with Crippen molar-refractivity contribution in [2.75, 3.05) is 24.5 Å². The van der Waals surface area contributed by atoms with Gasteiger partial charge in [0.05, 0.1) is 5.69 Å². The van der Waals surface area contributed by atoms with E-state index >= 15 is 0 Å². The van der Waals surface area contributed by atoms with Crippen LogP contribution in [0.4, 0.5) is 14.5 Å². The third-order valence-corrected chi connectivity index (χ3v) is 6.42. The zero-order chi connectivity index (χ0) is 18.5. The van der Waals surface area contributed by atoms with Crippen molar-refractivity contribution in [1.29, 1.82) is 5.26 Å². The van der Waals surface area contributed by atoms with Gasteiger partial charge in [-0.15, -0.1) is 12.4 Å². The molecule has 8 heteroatoms. The Kier molecular flexibility index (Phi) is 5.26. The van der Waals surface area contributed by atoms with Crippen LogP contribution in [0.2, 0.25) is 0 Å². The zero-order valence-electron chi connectivity index (χ0n) is 15.4. The quantitative estimate of drug-likeness (QED) is 0.819. The number of H-pyrrole nitrogens is 1. The second kappa shape index (κ2) is 7.06. The number of halogens is 3. The maximum atomic E-state index is 13.7. The monoisotopic (exact) mass is 398 g/mol. The van der Waals surface area contributed by atoms with Gasteiger partial charge in [0.25, 0.3) is 11.5 Å². The molecule has 1 aromatic heterocycles. The standard InChI is InChI=1S/C19H24F2N4O.ClH/c1-2-3-12-9-23-10-14-15(12)24-17(26)13(8-22)16(14)25-6-4-18(5-7-25)11-19(18,20)21;/h12,23H,2-7,9-11H2,1H3,(H,24,26);1H. The fraction of sp³-hybridized carbons (Fsp3) is 0.684. The van der Waals surface area contributed by atoms with Crippen molar-refractivity contribution in [3.05, 3.63) is 27.2 Å². The molecule has 0 amide bonds. The van der Waals surface area contributed by atoms with Gasteiger partial charge in [-0.05, 0) is 19.3 Å². The minimum atomic E-state index is -2.54. The number of anilines is 1. The fourth-order valence-electron chi connectivity index (χ4n) is 4.78. The van der Waals surface area contributed by atoms with Crippen molar-refractivity contribution in [2.45, 2.75) is 57.4 Å². The molecule has 27 heavy (non-hydrogen) atoms. The van der Waals surface area contributed by atoms with Gasteiger partial charge in [-0.3, -0.25) is 4.79 Å². The Balaban J connectivity index is 0.00000210. The lowest BCUT2D eigenvalue weighted by atomic mass is 9.88. The molecule has 2 fully saturated rings. The number of rotatable bonds is 3. The second-order valence-electron chi connectivity index (χ2n) is 7.95. The maximum absolute atomic E-state index is 13.7. The van der Waals surface area contributed by atoms with Crippen LogP contribution in [0.15, 0.2) is 4.79 Å². The molecular weight excluding hydrogens is 374 g/mol. The van der Waals surface area contributed by atoms with Crippen LogP contribution in [0.3, 0.4) is 0 Å². The Morgan fingerprint density at radius 3 is 2.56 bits per heavy atom. The van der Waals surface area contributed by atoms with Crippen molar-refractivity contribution >= 4 is 18.1 Å². The highest BCUT2D eigenvalue weighted by Crippen LogP contribution is 2.66. The van der Waals surface area contributed by atoms with E-state index in [4.69, 9.17) is 0 Å². The van der Waals surface area contributed by atoms with Crippen LogP contribution in [-0.4, -0.2) is 30.5 Å². The Hall–Kier alpha value is -1.65. The topological polar surface area (TPSA) is 71.9 Å². The summed E-state index contributed by atoms with van der Waals surface area (Å²) < 4.78 is 27.4. The van der Waals surface area contributed by atoms with Gasteiger partial charge in [0.1, 0.15) is 11.6 Å². The van der Waals surface area contributed by atoms with E-state index in [1.54, 1.807) is 0 Å². The second-order valence-corrected chi connectivity index (χ2v) is 7.95. The number of nitrogens with zero attached hydrogens (tertiary/aromatic N) is 2. The van der Waals surface area contributed by atoms with Gasteiger partial charge >= 0.3 is 0 Å². The molecular formula is C19H25ClF2N4O. The summed E-state index contributed by atoms with van der Waals surface area (Å²) in [6.45, 7) is 4.44. The number of hydrogen-bond donors (Lipinski definition) is 2. The third kappa shape index (κ3) is 3.13. The summed E-state index contributed by atoms with van der Waals surface area (Å²) in [6.07, 6.45) is 2.77. The normalized spacial score (nSPS) is 24.7. The van der Waals surface area contributed by atoms with Crippen LogP contribution in [0.25, 0.3) is 0 Å². The molecule has 1 spiro atoms. The van der Waals surface area contributed by atoms with Crippen LogP contribution < -0.4 is 15.8 Å². The van der Waals surface area contributed by atoms with Gasteiger partial charge < -0.3 is 15.2 Å². The molecule has 1 atom stereocenters. The molecule has 1 aromatic rings. The molecule has 4 rings (SSSR count). The van der Waals surface area contributed by atoms with Gasteiger partial charge in [-0.2, -0.15) is 5.26 Å². The van der Waals surface area contributed by atoms with Crippen molar-refractivity contribution in [3.63, 3.8) is 0 Å². The molecule has 0 radical (unpaired) electrons. The molecule has 3 heterocycles. The molecule has 2 N–H and O–H groups in total. The maximum Gasteiger partial charge on any atom is 0.268 e. The van der Waals surface area contributed by atoms with E-state index in [1.807, 2.05) is 11.0 Å². The van der Waals surface area contributed by atoms with Crippen LogP contribution in [0.5, 0.6) is 0 Å². The fourth-order valence-corrected chi connectivity index (χ4v) is 4.78. The highest BCUT2D eigenvalue weighted by molar-refractivity contribution is 5.85. The molecule has 3 aliphatic rings. The lowest BCUT2D eigenvalue weighted by Gasteiger charge is -2.37. The van der Waals surface area contributed by atoms with Gasteiger partial charge in [0.2, 0.25) is 0 Å². The van der Waals surface area contributed by atoms with Crippen LogP contribution in [0, 0.1) is 16.7 Å². The number of hydrogen-bond acceptors (Lipinski definition) is 4. The number of pyridine rings is 1. The Labute approximate surface area is 163 Å². The van der Waals surface area contributed by atoms with Crippen molar-refractivity contribution in [2.24, 2.45) is 5.41 Å². The minimum Gasteiger partial charge on any atom is -0.370 e. The lowest BCUT2D eigenvalue weighted by Crippen LogP contribution is -2.41. The predicted octanol–water partition coefficient (Wildman–Crippen LogP) is 3.28. The van der Waals surface area contributed by atoms with Gasteiger partial charge in [0.15, 0.2) is 0 Å². The number of fused-ring (bicyclic) bond motifs is 1. The van der Waals surface area contributed by atoms with E-state index in [0.717, 1.165) is 30.6 Å². The van der Waals surface area contributed by atoms with Crippen molar-refractivity contribution < 1.29 is 8.78 Å². The highest BCUT2D eigenvalue weighted by atomic mass is 35.5. The molecule has 2 aliphatic heterocycles. The van der Waals surface area contributed by atoms with Crippen LogP contribution in [-0.2, 0) is 6.54 Å². The summed E-state index contributed by atoms with van der Waals surface area (Å²) in [6, 6.07) is 2.05. The van der Waals surface area contributed by atoms with Crippen LogP contribution >= 0.6 is 12.4 Å². The average molecular weight is 399 g/mol. The van der Waals surface area contributed by atoms with E-state index in [0.29, 0.717) is 38.2 Å². The highest BCUT2D eigenvalue weighted by Gasteiger charge is 2.70. The van der Waals surface area contributed by atoms with E-state index in [2.05, 4.69) is 17.2 Å². The summed E-state index contributed by atoms with van der Waals surface area (Å²) in [5.74, 6) is -2.33. The first kappa shape index (κ1) is 20.1. The SMILES string of the molecule is CCCC1CNCc2c1[nH]c(=O)c(C#N)c2N1CCC2(CC1)CC2(F)F.Cl. The van der Waals surface area contributed by atoms with Crippen LogP contribution in [0.1, 0.15) is 61.8 Å². The zero-order valence-corrected chi connectivity index (χ0v) is 16.2. The molecule has 1 aliphatic carbocycles. The molecule has 1 unspecified atom stereocenters. The Morgan fingerprint density at radius 2 is 2.00 bits per heavy atom. The first-order chi connectivity index (χ1) is 12.4.